The van der Waals surface area contributed by atoms with Crippen molar-refractivity contribution in [3.8, 4) is 0 Å². The van der Waals surface area contributed by atoms with Crippen molar-refractivity contribution in [3.05, 3.63) is 0 Å². The van der Waals surface area contributed by atoms with E-state index in [1.807, 2.05) is 0 Å². The topological polar surface area (TPSA) is 29.5 Å². The molecule has 1 rings (SSSR count). The second-order valence-electron chi connectivity index (χ2n) is 3.60. The van der Waals surface area contributed by atoms with Crippen LogP contribution in [0, 0.1) is 0 Å². The summed E-state index contributed by atoms with van der Waals surface area (Å²) in [6.07, 6.45) is 1.96. The molecule has 12 heavy (non-hydrogen) atoms. The zero-order valence-corrected chi connectivity index (χ0v) is 8.12. The monoisotopic (exact) mass is 174 g/mol. The Balaban J connectivity index is 2.49. The predicted molar refractivity (Wildman–Crippen MR) is 47.7 cm³/mol. The third-order valence-corrected chi connectivity index (χ3v) is 3.07. The van der Waals surface area contributed by atoms with Crippen molar-refractivity contribution >= 4 is 0 Å². The predicted octanol–water partition coefficient (Wildman–Crippen LogP) is 0.582. The van der Waals surface area contributed by atoms with Crippen LogP contribution in [0.3, 0.4) is 0 Å². The summed E-state index contributed by atoms with van der Waals surface area (Å²) in [5, 5.41) is 9.78. The summed E-state index contributed by atoms with van der Waals surface area (Å²) in [6, 6.07) is 0. The van der Waals surface area contributed by atoms with E-state index in [0.29, 0.717) is 0 Å². The van der Waals surface area contributed by atoms with Gasteiger partial charge < -0.3 is 9.84 Å². The molecule has 1 fully saturated rings. The number of rotatable bonds is 4. The molecule has 3 heteroatoms. The fourth-order valence-corrected chi connectivity index (χ4v) is 2.07. The highest BCUT2D eigenvalue weighted by Crippen LogP contribution is 2.24. The van der Waals surface area contributed by atoms with Crippen molar-refractivity contribution in [1.29, 1.82) is 0 Å². The van der Waals surface area contributed by atoms with Crippen LogP contribution in [0.25, 0.3) is 0 Å². The highest BCUT2D eigenvalue weighted by atomic mass is 16.5. The largest absolute Gasteiger partial charge is 0.379 e. The number of likely N-dealkylation sites (tertiary alicyclic amines) is 1. The van der Waals surface area contributed by atoms with Gasteiger partial charge in [-0.05, 0) is 6.92 Å². The van der Waals surface area contributed by atoms with Crippen molar-refractivity contribution in [1.82, 2.24) is 0 Å². The van der Waals surface area contributed by atoms with E-state index in [2.05, 4.69) is 6.92 Å². The summed E-state index contributed by atoms with van der Waals surface area (Å²) in [6.45, 7) is 5.98. The van der Waals surface area contributed by atoms with Crippen LogP contribution >= 0.6 is 0 Å². The van der Waals surface area contributed by atoms with Crippen LogP contribution in [0.1, 0.15) is 19.8 Å². The summed E-state index contributed by atoms with van der Waals surface area (Å²) >= 11 is 0. The molecule has 0 aromatic carbocycles. The molecule has 1 heterocycles. The third-order valence-electron chi connectivity index (χ3n) is 3.07. The van der Waals surface area contributed by atoms with Crippen LogP contribution in [0.2, 0.25) is 0 Å². The zero-order valence-electron chi connectivity index (χ0n) is 8.12. The van der Waals surface area contributed by atoms with Crippen LogP contribution in [0.4, 0.5) is 0 Å². The van der Waals surface area contributed by atoms with Gasteiger partial charge in [0.05, 0.1) is 19.7 Å². The number of aliphatic hydroxyl groups is 1. The molecule has 0 aromatic rings. The van der Waals surface area contributed by atoms with Gasteiger partial charge in [0.2, 0.25) is 0 Å². The van der Waals surface area contributed by atoms with E-state index in [-0.39, 0.29) is 6.23 Å². The Morgan fingerprint density at radius 2 is 2.33 bits per heavy atom. The maximum absolute atomic E-state index is 9.78. The number of hydrogen-bond acceptors (Lipinski definition) is 2. The maximum atomic E-state index is 9.78. The Kier molecular flexibility index (Phi) is 3.50. The highest BCUT2D eigenvalue weighted by Gasteiger charge is 2.38. The summed E-state index contributed by atoms with van der Waals surface area (Å²) < 4.78 is 5.89. The second-order valence-corrected chi connectivity index (χ2v) is 3.60. The van der Waals surface area contributed by atoms with Crippen LogP contribution < -0.4 is 0 Å². The van der Waals surface area contributed by atoms with Gasteiger partial charge in [0, 0.05) is 20.0 Å². The Labute approximate surface area is 74.5 Å². The number of aliphatic hydroxyl groups excluding tert-OH is 1. The average Bonchev–Trinajstić information content (AvgIpc) is 2.45. The Bertz CT molecular complexity index is 140. The maximum Gasteiger partial charge on any atom is 0.190 e. The molecule has 72 valence electrons. The van der Waals surface area contributed by atoms with E-state index in [1.54, 1.807) is 7.11 Å². The number of quaternary nitrogens is 1. The van der Waals surface area contributed by atoms with E-state index in [4.69, 9.17) is 4.74 Å². The van der Waals surface area contributed by atoms with Crippen molar-refractivity contribution in [2.45, 2.75) is 26.0 Å². The summed E-state index contributed by atoms with van der Waals surface area (Å²) in [7, 11) is 1.72. The SMILES string of the molecule is CC[N+]1(CCOC)CCCC1O. The first-order chi connectivity index (χ1) is 5.75. The molecule has 0 bridgehead atoms. The van der Waals surface area contributed by atoms with Gasteiger partial charge in [-0.3, -0.25) is 4.48 Å². The minimum Gasteiger partial charge on any atom is -0.379 e. The molecule has 0 aromatic heterocycles. The van der Waals surface area contributed by atoms with Gasteiger partial charge in [-0.15, -0.1) is 0 Å². The zero-order chi connectivity index (χ0) is 9.03. The molecule has 1 N–H and O–H groups in total. The Hall–Kier alpha value is -0.120. The van der Waals surface area contributed by atoms with Crippen LogP contribution in [-0.4, -0.2) is 49.2 Å². The summed E-state index contributed by atoms with van der Waals surface area (Å²) in [5.41, 5.74) is 0. The average molecular weight is 174 g/mol. The molecule has 1 aliphatic heterocycles. The molecular weight excluding hydrogens is 154 g/mol. The smallest absolute Gasteiger partial charge is 0.190 e. The molecule has 2 unspecified atom stereocenters. The number of hydrogen-bond donors (Lipinski definition) is 1. The Morgan fingerprint density at radius 1 is 1.58 bits per heavy atom. The standard InChI is InChI=1S/C9H20NO2/c1-3-10(7-8-12-2)6-4-5-9(10)11/h9,11H,3-8H2,1-2H3/q+1. The second kappa shape index (κ2) is 4.21. The lowest BCUT2D eigenvalue weighted by Gasteiger charge is -2.36. The van der Waals surface area contributed by atoms with E-state index >= 15 is 0 Å². The molecule has 0 amide bonds. The van der Waals surface area contributed by atoms with Gasteiger partial charge in [-0.2, -0.15) is 0 Å². The Morgan fingerprint density at radius 3 is 2.75 bits per heavy atom. The highest BCUT2D eigenvalue weighted by molar-refractivity contribution is 4.58. The van der Waals surface area contributed by atoms with E-state index in [0.717, 1.165) is 43.6 Å². The third kappa shape index (κ3) is 1.79. The van der Waals surface area contributed by atoms with Crippen LogP contribution in [-0.2, 0) is 4.74 Å². The van der Waals surface area contributed by atoms with E-state index in [1.165, 1.54) is 0 Å². The fourth-order valence-electron chi connectivity index (χ4n) is 2.07. The number of methoxy groups -OCH3 is 1. The van der Waals surface area contributed by atoms with Gasteiger partial charge in [0.15, 0.2) is 6.23 Å². The first-order valence-corrected chi connectivity index (χ1v) is 4.78. The molecule has 0 spiro atoms. The summed E-state index contributed by atoms with van der Waals surface area (Å²) in [4.78, 5) is 0. The van der Waals surface area contributed by atoms with E-state index in [9.17, 15) is 5.11 Å². The molecule has 1 saturated heterocycles. The van der Waals surface area contributed by atoms with Crippen LogP contribution in [0.15, 0.2) is 0 Å². The molecule has 0 saturated carbocycles. The van der Waals surface area contributed by atoms with Crippen LogP contribution in [0.5, 0.6) is 0 Å². The summed E-state index contributed by atoms with van der Waals surface area (Å²) in [5.74, 6) is 0. The molecule has 2 atom stereocenters. The lowest BCUT2D eigenvalue weighted by atomic mass is 10.3. The van der Waals surface area contributed by atoms with Crippen molar-refractivity contribution in [2.75, 3.05) is 33.4 Å². The lowest BCUT2D eigenvalue weighted by Crippen LogP contribution is -2.53. The minimum absolute atomic E-state index is 0.148. The fraction of sp³-hybridized carbons (Fsp3) is 1.00. The quantitative estimate of drug-likeness (QED) is 0.632. The van der Waals surface area contributed by atoms with Crippen molar-refractivity contribution in [3.63, 3.8) is 0 Å². The molecule has 3 nitrogen and oxygen atoms in total. The van der Waals surface area contributed by atoms with Crippen molar-refractivity contribution in [2.24, 2.45) is 0 Å². The van der Waals surface area contributed by atoms with Gasteiger partial charge in [0.1, 0.15) is 6.54 Å². The van der Waals surface area contributed by atoms with Gasteiger partial charge >= 0.3 is 0 Å². The molecule has 0 radical (unpaired) electrons. The van der Waals surface area contributed by atoms with Gasteiger partial charge in [-0.1, -0.05) is 0 Å². The molecule has 1 aliphatic rings. The number of ether oxygens (including phenoxy) is 1. The minimum atomic E-state index is -0.148. The molecular formula is C9H20NO2+. The number of likely N-dealkylation sites (N-methyl/N-ethyl adjacent to an activating group) is 1. The first kappa shape index (κ1) is 9.96. The van der Waals surface area contributed by atoms with E-state index < -0.39 is 0 Å². The van der Waals surface area contributed by atoms with Crippen molar-refractivity contribution < 1.29 is 14.3 Å². The van der Waals surface area contributed by atoms with Gasteiger partial charge in [0.25, 0.3) is 0 Å². The van der Waals surface area contributed by atoms with Gasteiger partial charge in [-0.25, -0.2) is 0 Å². The molecule has 0 aliphatic carbocycles. The first-order valence-electron chi connectivity index (χ1n) is 4.78. The normalized spacial score (nSPS) is 35.8. The lowest BCUT2D eigenvalue weighted by molar-refractivity contribution is -0.957. The number of nitrogens with zero attached hydrogens (tertiary/aromatic N) is 1.